The van der Waals surface area contributed by atoms with Crippen LogP contribution in [0, 0.1) is 5.92 Å². The van der Waals surface area contributed by atoms with Crippen LogP contribution in [0.3, 0.4) is 0 Å². The predicted molar refractivity (Wildman–Crippen MR) is 108 cm³/mol. The topological polar surface area (TPSA) is 54.7 Å². The van der Waals surface area contributed by atoms with Crippen molar-refractivity contribution in [1.29, 1.82) is 0 Å². The largest absolute Gasteiger partial charge is 0.342 e. The van der Waals surface area contributed by atoms with Gasteiger partial charge in [-0.15, -0.1) is 11.8 Å². The summed E-state index contributed by atoms with van der Waals surface area (Å²) in [5.41, 5.74) is 1.11. The Bertz CT molecular complexity index is 856. The fourth-order valence-corrected chi connectivity index (χ4v) is 5.09. The average Bonchev–Trinajstić information content (AvgIpc) is 2.98. The molecule has 1 aliphatic rings. The number of hydrogen-bond donors (Lipinski definition) is 0. The third-order valence-electron chi connectivity index (χ3n) is 4.59. The second-order valence-electron chi connectivity index (χ2n) is 6.68. The van der Waals surface area contributed by atoms with Crippen LogP contribution in [0.25, 0.3) is 10.2 Å². The van der Waals surface area contributed by atoms with E-state index < -0.39 is 0 Å². The van der Waals surface area contributed by atoms with Crippen molar-refractivity contribution in [3.05, 3.63) is 29.1 Å². The van der Waals surface area contributed by atoms with Crippen molar-refractivity contribution >= 4 is 45.1 Å². The van der Waals surface area contributed by atoms with Gasteiger partial charge in [0.25, 0.3) is 5.91 Å². The van der Waals surface area contributed by atoms with Crippen LogP contribution in [0.1, 0.15) is 26.7 Å². The molecule has 1 aromatic heterocycles. The van der Waals surface area contributed by atoms with E-state index in [1.54, 1.807) is 0 Å². The number of amides is 2. The van der Waals surface area contributed by atoms with Crippen molar-refractivity contribution in [3.8, 4) is 0 Å². The van der Waals surface area contributed by atoms with Gasteiger partial charge in [0, 0.05) is 19.6 Å². The van der Waals surface area contributed by atoms with E-state index in [1.807, 2.05) is 29.2 Å². The Kier molecular flexibility index (Phi) is 6.53. The highest BCUT2D eigenvalue weighted by molar-refractivity contribution is 8.00. The Morgan fingerprint density at radius 2 is 2.12 bits per heavy atom. The molecule has 0 bridgehead atoms. The van der Waals surface area contributed by atoms with E-state index in [2.05, 4.69) is 23.4 Å². The van der Waals surface area contributed by atoms with Crippen molar-refractivity contribution in [1.82, 2.24) is 9.47 Å². The van der Waals surface area contributed by atoms with Crippen molar-refractivity contribution in [3.63, 3.8) is 0 Å². The van der Waals surface area contributed by atoms with Gasteiger partial charge >= 0.3 is 0 Å². The molecular formula is C19H25N3O2S2. The molecule has 2 amide bonds. The average molecular weight is 392 g/mol. The number of hydrogen-bond acceptors (Lipinski definition) is 4. The molecule has 26 heavy (non-hydrogen) atoms. The molecule has 7 heteroatoms. The van der Waals surface area contributed by atoms with Gasteiger partial charge in [-0.3, -0.25) is 9.59 Å². The Hall–Kier alpha value is -1.60. The number of aromatic nitrogens is 1. The number of carbonyl (C=O) groups excluding carboxylic acids is 2. The lowest BCUT2D eigenvalue weighted by atomic mass is 10.0. The molecular weight excluding hydrogens is 366 g/mol. The minimum absolute atomic E-state index is 0.139. The Labute approximate surface area is 162 Å². The zero-order valence-corrected chi connectivity index (χ0v) is 16.9. The van der Waals surface area contributed by atoms with Crippen LogP contribution in [-0.4, -0.2) is 45.9 Å². The highest BCUT2D eigenvalue weighted by atomic mass is 32.2. The molecule has 2 heterocycles. The van der Waals surface area contributed by atoms with Crippen LogP contribution < -0.4 is 4.80 Å². The summed E-state index contributed by atoms with van der Waals surface area (Å²) < 4.78 is 3.19. The van der Waals surface area contributed by atoms with Gasteiger partial charge < -0.3 is 9.47 Å². The van der Waals surface area contributed by atoms with Gasteiger partial charge in [-0.2, -0.15) is 4.99 Å². The summed E-state index contributed by atoms with van der Waals surface area (Å²) in [7, 11) is 0. The van der Waals surface area contributed by atoms with E-state index in [9.17, 15) is 9.59 Å². The third-order valence-corrected chi connectivity index (χ3v) is 6.55. The summed E-state index contributed by atoms with van der Waals surface area (Å²) in [5.74, 6) is 1.14. The number of benzene rings is 1. The van der Waals surface area contributed by atoms with Gasteiger partial charge in [-0.05, 0) is 37.8 Å². The van der Waals surface area contributed by atoms with Crippen molar-refractivity contribution < 1.29 is 9.59 Å². The minimum atomic E-state index is -0.177. The lowest BCUT2D eigenvalue weighted by molar-refractivity contribution is -0.130. The number of carbonyl (C=O) groups is 2. The van der Waals surface area contributed by atoms with Crippen LogP contribution in [-0.2, 0) is 16.1 Å². The van der Waals surface area contributed by atoms with E-state index >= 15 is 0 Å². The summed E-state index contributed by atoms with van der Waals surface area (Å²) in [6, 6.07) is 8.08. The maximum Gasteiger partial charge on any atom is 0.258 e. The van der Waals surface area contributed by atoms with Crippen LogP contribution in [0.2, 0.25) is 0 Å². The smallest absolute Gasteiger partial charge is 0.258 e. The molecule has 1 saturated heterocycles. The summed E-state index contributed by atoms with van der Waals surface area (Å²) in [6.45, 7) is 6.70. The molecule has 3 rings (SSSR count). The normalized spacial score (nSPS) is 18.5. The van der Waals surface area contributed by atoms with Gasteiger partial charge in [0.2, 0.25) is 5.91 Å². The monoisotopic (exact) mass is 391 g/mol. The van der Waals surface area contributed by atoms with E-state index in [0.29, 0.717) is 11.7 Å². The molecule has 0 radical (unpaired) electrons. The van der Waals surface area contributed by atoms with Crippen molar-refractivity contribution in [2.45, 2.75) is 33.2 Å². The molecule has 5 nitrogen and oxygen atoms in total. The molecule has 0 unspecified atom stereocenters. The van der Waals surface area contributed by atoms with Gasteiger partial charge in [0.05, 0.1) is 21.7 Å². The summed E-state index contributed by atoms with van der Waals surface area (Å²) >= 11 is 2.90. The zero-order valence-electron chi connectivity index (χ0n) is 15.3. The van der Waals surface area contributed by atoms with Gasteiger partial charge in [-0.25, -0.2) is 0 Å². The minimum Gasteiger partial charge on any atom is -0.342 e. The molecule has 1 aliphatic heterocycles. The third kappa shape index (κ3) is 4.57. The molecule has 1 atom stereocenters. The summed E-state index contributed by atoms with van der Waals surface area (Å²) in [4.78, 5) is 31.5. The van der Waals surface area contributed by atoms with E-state index in [-0.39, 0.29) is 17.6 Å². The standard InChI is InChI=1S/C19H25N3O2S2/c1-3-22-15-8-4-5-9-16(15)26-19(22)20-17(23)12-25-13-18(24)21-10-6-7-14(2)11-21/h4-5,8-9,14H,3,6-7,10-13H2,1-2H3/t14-/m1/s1. The van der Waals surface area contributed by atoms with Crippen LogP contribution in [0.4, 0.5) is 0 Å². The fraction of sp³-hybridized carbons (Fsp3) is 0.526. The molecule has 140 valence electrons. The number of aryl methyl sites for hydroxylation is 1. The summed E-state index contributed by atoms with van der Waals surface area (Å²) in [6.07, 6.45) is 2.27. The number of likely N-dealkylation sites (tertiary alicyclic amines) is 1. The SMILES string of the molecule is CCn1c(=NC(=O)CSCC(=O)N2CCC[C@@H](C)C2)sc2ccccc21. The van der Waals surface area contributed by atoms with Crippen LogP contribution in [0.5, 0.6) is 0 Å². The van der Waals surface area contributed by atoms with Crippen LogP contribution in [0.15, 0.2) is 29.3 Å². The first-order valence-electron chi connectivity index (χ1n) is 9.10. The fourth-order valence-electron chi connectivity index (χ4n) is 3.28. The number of fused-ring (bicyclic) bond motifs is 1. The maximum absolute atomic E-state index is 12.3. The Morgan fingerprint density at radius 3 is 2.88 bits per heavy atom. The first kappa shape index (κ1) is 19.2. The maximum atomic E-state index is 12.3. The van der Waals surface area contributed by atoms with E-state index in [4.69, 9.17) is 0 Å². The molecule has 1 aromatic carbocycles. The molecule has 0 aliphatic carbocycles. The predicted octanol–water partition coefficient (Wildman–Crippen LogP) is 3.14. The molecule has 0 saturated carbocycles. The number of para-hydroxylation sites is 1. The van der Waals surface area contributed by atoms with Gasteiger partial charge in [-0.1, -0.05) is 30.4 Å². The number of nitrogens with zero attached hydrogens (tertiary/aromatic N) is 3. The zero-order chi connectivity index (χ0) is 18.5. The lowest BCUT2D eigenvalue weighted by Gasteiger charge is -2.30. The molecule has 1 fully saturated rings. The molecule has 0 N–H and O–H groups in total. The molecule has 0 spiro atoms. The Balaban J connectivity index is 1.59. The van der Waals surface area contributed by atoms with E-state index in [1.165, 1.54) is 29.5 Å². The second kappa shape index (κ2) is 8.86. The first-order chi connectivity index (χ1) is 12.6. The first-order valence-corrected chi connectivity index (χ1v) is 11.1. The van der Waals surface area contributed by atoms with Crippen molar-refractivity contribution in [2.24, 2.45) is 10.9 Å². The van der Waals surface area contributed by atoms with Crippen molar-refractivity contribution in [2.75, 3.05) is 24.6 Å². The molecule has 2 aromatic rings. The number of piperidine rings is 1. The number of thiazole rings is 1. The second-order valence-corrected chi connectivity index (χ2v) is 8.68. The lowest BCUT2D eigenvalue weighted by Crippen LogP contribution is -2.40. The van der Waals surface area contributed by atoms with Gasteiger partial charge in [0.1, 0.15) is 0 Å². The van der Waals surface area contributed by atoms with Gasteiger partial charge in [0.15, 0.2) is 4.80 Å². The highest BCUT2D eigenvalue weighted by Crippen LogP contribution is 2.18. The quantitative estimate of drug-likeness (QED) is 0.787. The number of rotatable bonds is 5. The van der Waals surface area contributed by atoms with E-state index in [0.717, 1.165) is 41.1 Å². The Morgan fingerprint density at radius 1 is 1.31 bits per heavy atom. The summed E-state index contributed by atoms with van der Waals surface area (Å²) in [5, 5.41) is 0. The highest BCUT2D eigenvalue weighted by Gasteiger charge is 2.20. The van der Waals surface area contributed by atoms with Crippen LogP contribution >= 0.6 is 23.1 Å². The number of thioether (sulfide) groups is 1.